The molecule has 31 heavy (non-hydrogen) atoms. The SMILES string of the molecule is C=C1CC2CCC(C2)c2cc(n[nH]2)NC2CCN(CC2)S(=C)NCCCCCCCN1. The Morgan fingerprint density at radius 1 is 1.00 bits per heavy atom. The summed E-state index contributed by atoms with van der Waals surface area (Å²) in [6, 6.07) is 2.77. The molecule has 0 aromatic carbocycles. The van der Waals surface area contributed by atoms with Crippen LogP contribution in [0.4, 0.5) is 5.82 Å². The zero-order valence-corrected chi connectivity index (χ0v) is 19.9. The van der Waals surface area contributed by atoms with Crippen molar-refractivity contribution in [1.29, 1.82) is 0 Å². The molecule has 4 heterocycles. The van der Waals surface area contributed by atoms with Gasteiger partial charge in [0.05, 0.1) is 0 Å². The van der Waals surface area contributed by atoms with Crippen LogP contribution in [-0.2, 0) is 0 Å². The lowest BCUT2D eigenvalue weighted by Crippen LogP contribution is -2.38. The van der Waals surface area contributed by atoms with Crippen molar-refractivity contribution < 1.29 is 0 Å². The maximum atomic E-state index is 4.59. The summed E-state index contributed by atoms with van der Waals surface area (Å²) in [5.41, 5.74) is 2.54. The molecule has 1 aromatic rings. The van der Waals surface area contributed by atoms with E-state index in [-0.39, 0.29) is 10.9 Å². The molecule has 4 N–H and O–H groups in total. The lowest BCUT2D eigenvalue weighted by Gasteiger charge is -2.34. The van der Waals surface area contributed by atoms with E-state index in [2.05, 4.69) is 48.4 Å². The van der Waals surface area contributed by atoms with E-state index >= 15 is 0 Å². The van der Waals surface area contributed by atoms with E-state index in [0.717, 1.165) is 57.2 Å². The Balaban J connectivity index is 1.34. The van der Waals surface area contributed by atoms with E-state index in [4.69, 9.17) is 0 Å². The summed E-state index contributed by atoms with van der Waals surface area (Å²) in [5, 5.41) is 15.2. The molecule has 5 rings (SSSR count). The van der Waals surface area contributed by atoms with Crippen molar-refractivity contribution in [1.82, 2.24) is 24.5 Å². The lowest BCUT2D eigenvalue weighted by atomic mass is 9.98. The summed E-state index contributed by atoms with van der Waals surface area (Å²) in [4.78, 5) is 0. The Morgan fingerprint density at radius 2 is 1.77 bits per heavy atom. The summed E-state index contributed by atoms with van der Waals surface area (Å²) in [5.74, 6) is 6.77. The number of rotatable bonds is 0. The summed E-state index contributed by atoms with van der Waals surface area (Å²) >= 11 is 0. The van der Waals surface area contributed by atoms with Crippen LogP contribution in [0.3, 0.4) is 0 Å². The van der Waals surface area contributed by atoms with Gasteiger partial charge in [-0.3, -0.25) is 9.82 Å². The number of nitrogens with one attached hydrogen (secondary N) is 4. The highest BCUT2D eigenvalue weighted by Gasteiger charge is 2.28. The average molecular weight is 447 g/mol. The van der Waals surface area contributed by atoms with Crippen molar-refractivity contribution in [3.8, 4) is 0 Å². The molecule has 1 saturated carbocycles. The van der Waals surface area contributed by atoms with E-state index in [1.165, 1.54) is 62.8 Å². The van der Waals surface area contributed by atoms with Crippen LogP contribution < -0.4 is 15.4 Å². The maximum absolute atomic E-state index is 4.59. The molecule has 3 unspecified atom stereocenters. The molecule has 3 atom stereocenters. The predicted octanol–water partition coefficient (Wildman–Crippen LogP) is 4.75. The first-order valence-corrected chi connectivity index (χ1v) is 13.8. The minimum atomic E-state index is -0.0624. The van der Waals surface area contributed by atoms with Gasteiger partial charge in [0.1, 0.15) is 5.82 Å². The molecule has 3 aliphatic heterocycles. The van der Waals surface area contributed by atoms with Crippen molar-refractivity contribution in [3.05, 3.63) is 24.0 Å². The standard InChI is InChI=1S/C24H42N6S/c1-19-16-20-8-9-21(17-20)23-18-24(29-28-23)27-22-10-14-30(15-11-22)31(2)26-13-7-5-3-4-6-12-25-19/h18,20-22,25-26H,1-17H2,(H2,27,28,29). The highest BCUT2D eigenvalue weighted by atomic mass is 32.2. The molecule has 1 saturated heterocycles. The summed E-state index contributed by atoms with van der Waals surface area (Å²) in [6.07, 6.45) is 13.7. The number of anilines is 1. The van der Waals surface area contributed by atoms with Crippen LogP contribution in [0.25, 0.3) is 0 Å². The Morgan fingerprint density at radius 3 is 2.61 bits per heavy atom. The van der Waals surface area contributed by atoms with Gasteiger partial charge in [0, 0.05) is 55.6 Å². The molecule has 1 aromatic heterocycles. The minimum absolute atomic E-state index is 0.0624. The third-order valence-corrected chi connectivity index (χ3v) is 8.75. The highest BCUT2D eigenvalue weighted by Crippen LogP contribution is 2.40. The third kappa shape index (κ3) is 6.83. The molecule has 4 aliphatic rings. The molecule has 6 nitrogen and oxygen atoms in total. The van der Waals surface area contributed by atoms with Gasteiger partial charge in [-0.25, -0.2) is 4.31 Å². The van der Waals surface area contributed by atoms with Gasteiger partial charge >= 0.3 is 0 Å². The number of allylic oxidation sites excluding steroid dienone is 1. The second-order valence-electron chi connectivity index (χ2n) is 9.69. The van der Waals surface area contributed by atoms with Gasteiger partial charge < -0.3 is 10.6 Å². The fourth-order valence-electron chi connectivity index (χ4n) is 5.34. The molecule has 2 fully saturated rings. The maximum Gasteiger partial charge on any atom is 0.148 e. The monoisotopic (exact) mass is 446 g/mol. The van der Waals surface area contributed by atoms with E-state index in [1.54, 1.807) is 0 Å². The first-order chi connectivity index (χ1) is 15.2. The smallest absolute Gasteiger partial charge is 0.148 e. The number of aromatic amines is 1. The largest absolute Gasteiger partial charge is 0.389 e. The molecule has 0 spiro atoms. The molecule has 7 heteroatoms. The van der Waals surface area contributed by atoms with Crippen molar-refractivity contribution >= 4 is 22.5 Å². The first kappa shape index (κ1) is 22.9. The summed E-state index contributed by atoms with van der Waals surface area (Å²) in [7, 11) is -0.0624. The number of nitrogens with zero attached hydrogens (tertiary/aromatic N) is 2. The molecule has 6 bridgehead atoms. The van der Waals surface area contributed by atoms with Crippen molar-refractivity contribution in [2.75, 3.05) is 31.5 Å². The van der Waals surface area contributed by atoms with Crippen molar-refractivity contribution in [2.24, 2.45) is 5.92 Å². The van der Waals surface area contributed by atoms with Gasteiger partial charge in [-0.15, -0.1) is 0 Å². The van der Waals surface area contributed by atoms with Crippen LogP contribution in [0.2, 0.25) is 0 Å². The zero-order valence-electron chi connectivity index (χ0n) is 19.1. The Hall–Kier alpha value is -1.31. The topological polar surface area (TPSA) is 68.0 Å². The van der Waals surface area contributed by atoms with Gasteiger partial charge in [0.2, 0.25) is 0 Å². The van der Waals surface area contributed by atoms with Gasteiger partial charge in [-0.2, -0.15) is 5.10 Å². The van der Waals surface area contributed by atoms with Crippen LogP contribution in [0.5, 0.6) is 0 Å². The first-order valence-electron chi connectivity index (χ1n) is 12.4. The average Bonchev–Trinajstić information content (AvgIpc) is 3.42. The number of piperidine rings is 1. The second kappa shape index (κ2) is 11.5. The van der Waals surface area contributed by atoms with Gasteiger partial charge in [0.15, 0.2) is 0 Å². The molecule has 174 valence electrons. The number of aromatic nitrogens is 2. The molecule has 0 amide bonds. The number of hydrogen-bond donors (Lipinski definition) is 4. The van der Waals surface area contributed by atoms with Gasteiger partial charge in [0.25, 0.3) is 0 Å². The third-order valence-electron chi connectivity index (χ3n) is 7.23. The van der Waals surface area contributed by atoms with E-state index in [0.29, 0.717) is 12.0 Å². The van der Waals surface area contributed by atoms with Gasteiger partial charge in [-0.1, -0.05) is 36.7 Å². The molecule has 0 radical (unpaired) electrons. The van der Waals surface area contributed by atoms with Crippen molar-refractivity contribution in [3.63, 3.8) is 0 Å². The summed E-state index contributed by atoms with van der Waals surface area (Å²) in [6.45, 7) is 8.66. The quantitative estimate of drug-likeness (QED) is 0.433. The zero-order chi connectivity index (χ0) is 21.5. The Labute approximate surface area is 191 Å². The Kier molecular flexibility index (Phi) is 8.50. The van der Waals surface area contributed by atoms with E-state index < -0.39 is 0 Å². The van der Waals surface area contributed by atoms with Crippen LogP contribution >= 0.6 is 10.9 Å². The highest BCUT2D eigenvalue weighted by molar-refractivity contribution is 8.10. The minimum Gasteiger partial charge on any atom is -0.389 e. The summed E-state index contributed by atoms with van der Waals surface area (Å²) < 4.78 is 6.17. The van der Waals surface area contributed by atoms with Crippen LogP contribution in [0.15, 0.2) is 18.3 Å². The fourth-order valence-corrected chi connectivity index (χ4v) is 6.55. The predicted molar refractivity (Wildman–Crippen MR) is 134 cm³/mol. The Bertz CT molecular complexity index is 723. The molecular formula is C24H42N6S. The molecule has 1 aliphatic carbocycles. The fraction of sp³-hybridized carbons (Fsp3) is 0.750. The van der Waals surface area contributed by atoms with Crippen LogP contribution in [0.1, 0.15) is 82.2 Å². The van der Waals surface area contributed by atoms with Gasteiger partial charge in [-0.05, 0) is 63.2 Å². The normalized spacial score (nSPS) is 34.1. The van der Waals surface area contributed by atoms with Crippen LogP contribution in [0, 0.1) is 5.92 Å². The number of fused-ring (bicyclic) bond motifs is 13. The number of H-pyrrole nitrogens is 1. The molecular weight excluding hydrogens is 404 g/mol. The number of hydrogen-bond acceptors (Lipinski definition) is 5. The van der Waals surface area contributed by atoms with Crippen LogP contribution in [-0.4, -0.2) is 52.6 Å². The van der Waals surface area contributed by atoms with E-state index in [9.17, 15) is 0 Å². The van der Waals surface area contributed by atoms with E-state index in [1.807, 2.05) is 0 Å². The van der Waals surface area contributed by atoms with Crippen molar-refractivity contribution in [2.45, 2.75) is 82.6 Å². The second-order valence-corrected chi connectivity index (χ2v) is 11.2. The lowest BCUT2D eigenvalue weighted by molar-refractivity contribution is 0.355.